The van der Waals surface area contributed by atoms with Gasteiger partial charge < -0.3 is 4.52 Å². The quantitative estimate of drug-likeness (QED) is 0.737. The van der Waals surface area contributed by atoms with Gasteiger partial charge in [-0.1, -0.05) is 45.0 Å². The number of hydrogen-bond acceptors (Lipinski definition) is 6. The van der Waals surface area contributed by atoms with Crippen LogP contribution in [0.1, 0.15) is 5.89 Å². The van der Waals surface area contributed by atoms with E-state index in [0.29, 0.717) is 17.5 Å². The van der Waals surface area contributed by atoms with E-state index in [2.05, 4.69) is 41.3 Å². The van der Waals surface area contributed by atoms with Gasteiger partial charge in [-0.3, -0.25) is 5.10 Å². The maximum absolute atomic E-state index is 5.20. The lowest BCUT2D eigenvalue weighted by Gasteiger charge is -1.94. The first-order valence-corrected chi connectivity index (χ1v) is 7.16. The third-order valence-electron chi connectivity index (χ3n) is 2.28. The van der Waals surface area contributed by atoms with Crippen LogP contribution in [0, 0.1) is 0 Å². The lowest BCUT2D eigenvalue weighted by molar-refractivity contribution is 0.391. The van der Waals surface area contributed by atoms with Crippen molar-refractivity contribution in [1.29, 1.82) is 0 Å². The summed E-state index contributed by atoms with van der Waals surface area (Å²) in [6.45, 7) is 0. The van der Waals surface area contributed by atoms with Crippen molar-refractivity contribution >= 4 is 27.7 Å². The third-order valence-corrected chi connectivity index (χ3v) is 3.63. The first-order chi connectivity index (χ1) is 9.31. The van der Waals surface area contributed by atoms with Gasteiger partial charge in [0.1, 0.15) is 6.33 Å². The molecular weight excluding hydrogens is 330 g/mol. The Morgan fingerprint density at radius 2 is 2.32 bits per heavy atom. The van der Waals surface area contributed by atoms with Crippen LogP contribution >= 0.6 is 27.7 Å². The van der Waals surface area contributed by atoms with E-state index in [1.54, 1.807) is 0 Å². The van der Waals surface area contributed by atoms with Crippen LogP contribution in [0.2, 0.25) is 0 Å². The van der Waals surface area contributed by atoms with E-state index in [0.717, 1.165) is 15.2 Å². The molecule has 2 heterocycles. The third kappa shape index (κ3) is 3.02. The predicted molar refractivity (Wildman–Crippen MR) is 73.4 cm³/mol. The number of H-pyrrole nitrogens is 1. The second-order valence-electron chi connectivity index (χ2n) is 3.60. The molecule has 1 aromatic carbocycles. The SMILES string of the molecule is Brc1cccc(-c2noc(CSc3ncn[nH]3)n2)c1. The van der Waals surface area contributed by atoms with Gasteiger partial charge >= 0.3 is 0 Å². The molecule has 1 N–H and O–H groups in total. The zero-order chi connectivity index (χ0) is 13.1. The summed E-state index contributed by atoms with van der Waals surface area (Å²) in [6.07, 6.45) is 1.46. The summed E-state index contributed by atoms with van der Waals surface area (Å²) >= 11 is 4.87. The van der Waals surface area contributed by atoms with E-state index >= 15 is 0 Å². The van der Waals surface area contributed by atoms with Gasteiger partial charge in [0.25, 0.3) is 0 Å². The molecule has 0 aliphatic heterocycles. The molecule has 8 heteroatoms. The largest absolute Gasteiger partial charge is 0.338 e. The molecule has 6 nitrogen and oxygen atoms in total. The summed E-state index contributed by atoms with van der Waals surface area (Å²) in [4.78, 5) is 8.35. The highest BCUT2D eigenvalue weighted by molar-refractivity contribution is 9.10. The standard InChI is InChI=1S/C11H8BrN5OS/c12-8-3-1-2-7(4-8)10-15-9(18-17-10)5-19-11-13-6-14-16-11/h1-4,6H,5H2,(H,13,14,16). The fourth-order valence-corrected chi connectivity index (χ4v) is 2.47. The maximum Gasteiger partial charge on any atom is 0.237 e. The van der Waals surface area contributed by atoms with Crippen molar-refractivity contribution in [2.24, 2.45) is 0 Å². The van der Waals surface area contributed by atoms with Crippen molar-refractivity contribution in [2.45, 2.75) is 10.9 Å². The maximum atomic E-state index is 5.20. The van der Waals surface area contributed by atoms with Gasteiger partial charge in [-0.15, -0.1) is 0 Å². The summed E-state index contributed by atoms with van der Waals surface area (Å²) in [6, 6.07) is 7.75. The van der Waals surface area contributed by atoms with Gasteiger partial charge in [0.15, 0.2) is 5.16 Å². The van der Waals surface area contributed by atoms with Gasteiger partial charge in [0.2, 0.25) is 11.7 Å². The molecule has 0 aliphatic rings. The monoisotopic (exact) mass is 337 g/mol. The Morgan fingerprint density at radius 1 is 1.37 bits per heavy atom. The average molecular weight is 338 g/mol. The number of rotatable bonds is 4. The summed E-state index contributed by atoms with van der Waals surface area (Å²) in [5, 5.41) is 11.2. The van der Waals surface area contributed by atoms with E-state index in [-0.39, 0.29) is 0 Å². The van der Waals surface area contributed by atoms with E-state index in [1.165, 1.54) is 18.1 Å². The molecule has 0 fully saturated rings. The molecule has 3 aromatic rings. The molecule has 0 saturated carbocycles. The van der Waals surface area contributed by atoms with Crippen molar-refractivity contribution in [3.8, 4) is 11.4 Å². The number of aromatic amines is 1. The Kier molecular flexibility index (Phi) is 3.60. The normalized spacial score (nSPS) is 10.8. The van der Waals surface area contributed by atoms with Crippen molar-refractivity contribution in [3.05, 3.63) is 41.0 Å². The summed E-state index contributed by atoms with van der Waals surface area (Å²) in [5.74, 6) is 1.68. The Balaban J connectivity index is 1.72. The molecule has 0 radical (unpaired) electrons. The first-order valence-electron chi connectivity index (χ1n) is 5.38. The Bertz CT molecular complexity index is 669. The Morgan fingerprint density at radius 3 is 3.11 bits per heavy atom. The van der Waals surface area contributed by atoms with E-state index in [1.807, 2.05) is 24.3 Å². The highest BCUT2D eigenvalue weighted by Crippen LogP contribution is 2.22. The minimum Gasteiger partial charge on any atom is -0.338 e. The van der Waals surface area contributed by atoms with Crippen LogP contribution in [0.15, 0.2) is 44.7 Å². The molecule has 0 atom stereocenters. The second kappa shape index (κ2) is 5.54. The van der Waals surface area contributed by atoms with Crippen LogP contribution in [0.25, 0.3) is 11.4 Å². The molecule has 0 unspecified atom stereocenters. The van der Waals surface area contributed by atoms with Crippen LogP contribution in [0.4, 0.5) is 0 Å². The molecule has 0 bridgehead atoms. The van der Waals surface area contributed by atoms with Crippen LogP contribution < -0.4 is 0 Å². The number of nitrogens with zero attached hydrogens (tertiary/aromatic N) is 4. The van der Waals surface area contributed by atoms with Crippen LogP contribution in [0.3, 0.4) is 0 Å². The minimum absolute atomic E-state index is 0.552. The fraction of sp³-hybridized carbons (Fsp3) is 0.0909. The van der Waals surface area contributed by atoms with Crippen LogP contribution in [-0.4, -0.2) is 25.3 Å². The summed E-state index contributed by atoms with van der Waals surface area (Å²) < 4.78 is 6.18. The van der Waals surface area contributed by atoms with Crippen LogP contribution in [0.5, 0.6) is 0 Å². The molecule has 0 amide bonds. The molecular formula is C11H8BrN5OS. The van der Waals surface area contributed by atoms with E-state index in [9.17, 15) is 0 Å². The van der Waals surface area contributed by atoms with Crippen molar-refractivity contribution in [3.63, 3.8) is 0 Å². The zero-order valence-corrected chi connectivity index (χ0v) is 12.0. The minimum atomic E-state index is 0.552. The highest BCUT2D eigenvalue weighted by atomic mass is 79.9. The smallest absolute Gasteiger partial charge is 0.237 e. The van der Waals surface area contributed by atoms with Gasteiger partial charge in [0.05, 0.1) is 5.75 Å². The molecule has 0 aliphatic carbocycles. The summed E-state index contributed by atoms with van der Waals surface area (Å²) in [5.41, 5.74) is 0.911. The number of aromatic nitrogens is 5. The van der Waals surface area contributed by atoms with Gasteiger partial charge in [-0.2, -0.15) is 10.1 Å². The molecule has 96 valence electrons. The molecule has 0 spiro atoms. The van der Waals surface area contributed by atoms with E-state index < -0.39 is 0 Å². The number of hydrogen-bond donors (Lipinski definition) is 1. The summed E-state index contributed by atoms with van der Waals surface area (Å²) in [7, 11) is 0. The molecule has 0 saturated heterocycles. The fourth-order valence-electron chi connectivity index (χ4n) is 1.45. The lowest BCUT2D eigenvalue weighted by atomic mass is 10.2. The lowest BCUT2D eigenvalue weighted by Crippen LogP contribution is -1.84. The number of halogens is 1. The highest BCUT2D eigenvalue weighted by Gasteiger charge is 2.09. The number of nitrogens with one attached hydrogen (secondary N) is 1. The molecule has 19 heavy (non-hydrogen) atoms. The van der Waals surface area contributed by atoms with Gasteiger partial charge in [-0.05, 0) is 12.1 Å². The van der Waals surface area contributed by atoms with Gasteiger partial charge in [0, 0.05) is 10.0 Å². The first kappa shape index (κ1) is 12.4. The number of benzene rings is 1. The average Bonchev–Trinajstić information content (AvgIpc) is 3.08. The Hall–Kier alpha value is -1.67. The van der Waals surface area contributed by atoms with Crippen LogP contribution in [-0.2, 0) is 5.75 Å². The van der Waals surface area contributed by atoms with Crippen molar-refractivity contribution in [2.75, 3.05) is 0 Å². The predicted octanol–water partition coefficient (Wildman–Crippen LogP) is 2.91. The van der Waals surface area contributed by atoms with Crippen molar-refractivity contribution in [1.82, 2.24) is 25.3 Å². The van der Waals surface area contributed by atoms with Crippen molar-refractivity contribution < 1.29 is 4.52 Å². The topological polar surface area (TPSA) is 80.5 Å². The van der Waals surface area contributed by atoms with Gasteiger partial charge in [-0.25, -0.2) is 4.98 Å². The molecule has 3 rings (SSSR count). The number of thioether (sulfide) groups is 1. The van der Waals surface area contributed by atoms with E-state index in [4.69, 9.17) is 4.52 Å². The molecule has 2 aromatic heterocycles. The Labute approximate surface area is 121 Å². The zero-order valence-electron chi connectivity index (χ0n) is 9.58. The second-order valence-corrected chi connectivity index (χ2v) is 5.48.